The van der Waals surface area contributed by atoms with E-state index in [0.29, 0.717) is 18.7 Å². The number of halogens is 3. The van der Waals surface area contributed by atoms with Crippen molar-refractivity contribution in [1.82, 2.24) is 19.7 Å². The van der Waals surface area contributed by atoms with E-state index in [1.54, 1.807) is 34.0 Å². The van der Waals surface area contributed by atoms with Gasteiger partial charge < -0.3 is 15.4 Å². The van der Waals surface area contributed by atoms with Gasteiger partial charge in [-0.25, -0.2) is 4.98 Å². The summed E-state index contributed by atoms with van der Waals surface area (Å²) in [4.78, 5) is 17.9. The first kappa shape index (κ1) is 19.9. The Morgan fingerprint density at radius 2 is 2.00 bits per heavy atom. The Morgan fingerprint density at radius 1 is 1.20 bits per heavy atom. The number of nitrogens with two attached hydrogens (primary N) is 1. The largest absolute Gasteiger partial charge is 0.439 e. The average molecular weight is 417 g/mol. The van der Waals surface area contributed by atoms with Gasteiger partial charge in [-0.1, -0.05) is 6.07 Å². The second-order valence-electron chi connectivity index (χ2n) is 6.88. The van der Waals surface area contributed by atoms with Gasteiger partial charge in [0.25, 0.3) is 5.91 Å². The fourth-order valence-electron chi connectivity index (χ4n) is 3.16. The van der Waals surface area contributed by atoms with Crippen molar-refractivity contribution in [2.75, 3.05) is 13.1 Å². The fourth-order valence-corrected chi connectivity index (χ4v) is 3.16. The maximum Gasteiger partial charge on any atom is 0.433 e. The molecule has 0 atom stereocenters. The average Bonchev–Trinajstić information content (AvgIpc) is 3.20. The van der Waals surface area contributed by atoms with E-state index in [1.807, 2.05) is 12.3 Å². The van der Waals surface area contributed by atoms with Crippen LogP contribution in [0, 0.1) is 0 Å². The van der Waals surface area contributed by atoms with Gasteiger partial charge in [0.15, 0.2) is 0 Å². The molecular formula is C20H18F3N5O2. The molecule has 156 valence electrons. The number of benzene rings is 1. The van der Waals surface area contributed by atoms with E-state index < -0.39 is 11.9 Å². The molecule has 0 radical (unpaired) electrons. The maximum absolute atomic E-state index is 13.0. The Hall–Kier alpha value is -3.40. The SMILES string of the molecule is NCc1cc(Oc2cccc(C(=O)N3CC(n4cccn4)C3)c2)nc(C(F)(F)F)c1. The quantitative estimate of drug-likeness (QED) is 0.689. The second kappa shape index (κ2) is 7.79. The van der Waals surface area contributed by atoms with Crippen molar-refractivity contribution in [2.45, 2.75) is 18.8 Å². The molecule has 3 aromatic rings. The number of pyridine rings is 1. The zero-order valence-corrected chi connectivity index (χ0v) is 15.7. The number of alkyl halides is 3. The predicted molar refractivity (Wildman–Crippen MR) is 101 cm³/mol. The summed E-state index contributed by atoms with van der Waals surface area (Å²) in [5.74, 6) is -0.221. The third-order valence-corrected chi connectivity index (χ3v) is 4.74. The first-order chi connectivity index (χ1) is 14.3. The van der Waals surface area contributed by atoms with E-state index in [9.17, 15) is 18.0 Å². The Morgan fingerprint density at radius 3 is 2.67 bits per heavy atom. The van der Waals surface area contributed by atoms with Crippen molar-refractivity contribution in [3.05, 3.63) is 71.7 Å². The lowest BCUT2D eigenvalue weighted by atomic mass is 10.1. The summed E-state index contributed by atoms with van der Waals surface area (Å²) >= 11 is 0. The fraction of sp³-hybridized carbons (Fsp3) is 0.250. The lowest BCUT2D eigenvalue weighted by Crippen LogP contribution is -2.50. The monoisotopic (exact) mass is 417 g/mol. The van der Waals surface area contributed by atoms with Crippen LogP contribution in [-0.4, -0.2) is 38.7 Å². The smallest absolute Gasteiger partial charge is 0.433 e. The molecule has 0 saturated carbocycles. The van der Waals surface area contributed by atoms with Gasteiger partial charge in [-0.3, -0.25) is 9.48 Å². The van der Waals surface area contributed by atoms with Crippen LogP contribution in [0.4, 0.5) is 13.2 Å². The minimum Gasteiger partial charge on any atom is -0.439 e. The molecule has 2 N–H and O–H groups in total. The van der Waals surface area contributed by atoms with Crippen LogP contribution < -0.4 is 10.5 Å². The van der Waals surface area contributed by atoms with Gasteiger partial charge in [-0.2, -0.15) is 18.3 Å². The molecule has 3 heterocycles. The number of likely N-dealkylation sites (tertiary alicyclic amines) is 1. The standard InChI is InChI=1S/C20H18F3N5O2/c21-20(22,23)17-7-13(10-24)8-18(26-17)30-16-4-1-3-14(9-16)19(29)27-11-15(12-27)28-6-2-5-25-28/h1-9,15H,10-12,24H2. The van der Waals surface area contributed by atoms with E-state index in [0.717, 1.165) is 6.07 Å². The third-order valence-electron chi connectivity index (χ3n) is 4.74. The number of amides is 1. The highest BCUT2D eigenvalue weighted by molar-refractivity contribution is 5.95. The number of hydrogen-bond acceptors (Lipinski definition) is 5. The van der Waals surface area contributed by atoms with Gasteiger partial charge in [0.05, 0.1) is 6.04 Å². The second-order valence-corrected chi connectivity index (χ2v) is 6.88. The predicted octanol–water partition coefficient (Wildman–Crippen LogP) is 3.25. The number of nitrogens with zero attached hydrogens (tertiary/aromatic N) is 4. The Kier molecular flexibility index (Phi) is 5.17. The van der Waals surface area contributed by atoms with Crippen molar-refractivity contribution in [3.8, 4) is 11.6 Å². The van der Waals surface area contributed by atoms with Crippen LogP contribution in [0.25, 0.3) is 0 Å². The van der Waals surface area contributed by atoms with Gasteiger partial charge in [0.2, 0.25) is 5.88 Å². The number of carbonyl (C=O) groups excluding carboxylic acids is 1. The Balaban J connectivity index is 1.48. The molecule has 0 unspecified atom stereocenters. The van der Waals surface area contributed by atoms with Gasteiger partial charge in [0.1, 0.15) is 11.4 Å². The number of aromatic nitrogens is 3. The van der Waals surface area contributed by atoms with Crippen molar-refractivity contribution in [1.29, 1.82) is 0 Å². The van der Waals surface area contributed by atoms with Crippen LogP contribution in [0.3, 0.4) is 0 Å². The Bertz CT molecular complexity index is 1050. The van der Waals surface area contributed by atoms with Crippen LogP contribution in [-0.2, 0) is 12.7 Å². The molecule has 1 saturated heterocycles. The summed E-state index contributed by atoms with van der Waals surface area (Å²) in [6.45, 7) is 0.966. The van der Waals surface area contributed by atoms with Crippen LogP contribution in [0.15, 0.2) is 54.9 Å². The molecular weight excluding hydrogens is 399 g/mol. The van der Waals surface area contributed by atoms with Crippen LogP contribution >= 0.6 is 0 Å². The van der Waals surface area contributed by atoms with Crippen LogP contribution in [0.1, 0.15) is 27.7 Å². The summed E-state index contributed by atoms with van der Waals surface area (Å²) < 4.78 is 46.4. The number of carbonyl (C=O) groups is 1. The number of ether oxygens (including phenoxy) is 1. The van der Waals surface area contributed by atoms with Crippen molar-refractivity contribution in [2.24, 2.45) is 5.73 Å². The first-order valence-electron chi connectivity index (χ1n) is 9.18. The summed E-state index contributed by atoms with van der Waals surface area (Å²) in [5, 5.41) is 4.17. The van der Waals surface area contributed by atoms with Gasteiger partial charge in [-0.15, -0.1) is 0 Å². The topological polar surface area (TPSA) is 86.3 Å². The maximum atomic E-state index is 13.0. The summed E-state index contributed by atoms with van der Waals surface area (Å²) in [6, 6.07) is 10.4. The molecule has 0 bridgehead atoms. The lowest BCUT2D eigenvalue weighted by Gasteiger charge is -2.39. The molecule has 10 heteroatoms. The highest BCUT2D eigenvalue weighted by atomic mass is 19.4. The zero-order valence-electron chi connectivity index (χ0n) is 15.7. The summed E-state index contributed by atoms with van der Waals surface area (Å²) in [6.07, 6.45) is -1.09. The number of rotatable bonds is 5. The molecule has 30 heavy (non-hydrogen) atoms. The van der Waals surface area contributed by atoms with E-state index >= 15 is 0 Å². The van der Waals surface area contributed by atoms with Gasteiger partial charge in [-0.05, 0) is 35.9 Å². The van der Waals surface area contributed by atoms with Crippen molar-refractivity contribution >= 4 is 5.91 Å². The third kappa shape index (κ3) is 4.13. The molecule has 1 aliphatic rings. The summed E-state index contributed by atoms with van der Waals surface area (Å²) in [5.41, 5.74) is 5.01. The lowest BCUT2D eigenvalue weighted by molar-refractivity contribution is -0.141. The normalized spacial score (nSPS) is 14.5. The zero-order chi connectivity index (χ0) is 21.3. The van der Waals surface area contributed by atoms with Gasteiger partial charge >= 0.3 is 6.18 Å². The van der Waals surface area contributed by atoms with E-state index in [4.69, 9.17) is 10.5 Å². The molecule has 1 aliphatic heterocycles. The number of hydrogen-bond donors (Lipinski definition) is 1. The minimum absolute atomic E-state index is 0.0904. The van der Waals surface area contributed by atoms with E-state index in [2.05, 4.69) is 10.1 Å². The molecule has 0 spiro atoms. The molecule has 1 fully saturated rings. The highest BCUT2D eigenvalue weighted by Crippen LogP contribution is 2.31. The minimum atomic E-state index is -4.62. The van der Waals surface area contributed by atoms with Crippen molar-refractivity contribution in [3.63, 3.8) is 0 Å². The highest BCUT2D eigenvalue weighted by Gasteiger charge is 2.34. The van der Waals surface area contributed by atoms with Crippen LogP contribution in [0.2, 0.25) is 0 Å². The Labute approximate surface area is 169 Å². The molecule has 0 aliphatic carbocycles. The summed E-state index contributed by atoms with van der Waals surface area (Å²) in [7, 11) is 0. The van der Waals surface area contributed by atoms with Crippen molar-refractivity contribution < 1.29 is 22.7 Å². The molecule has 1 amide bonds. The molecule has 4 rings (SSSR count). The first-order valence-corrected chi connectivity index (χ1v) is 9.18. The molecule has 7 nitrogen and oxygen atoms in total. The van der Waals surface area contributed by atoms with Gasteiger partial charge in [0, 0.05) is 43.7 Å². The van der Waals surface area contributed by atoms with E-state index in [-0.39, 0.29) is 35.7 Å². The van der Waals surface area contributed by atoms with E-state index in [1.165, 1.54) is 12.1 Å². The molecule has 1 aromatic carbocycles. The van der Waals surface area contributed by atoms with Crippen LogP contribution in [0.5, 0.6) is 11.6 Å². The molecule has 2 aromatic heterocycles.